The molecule has 2 aromatic carbocycles. The highest BCUT2D eigenvalue weighted by atomic mass is 16.4. The topological polar surface area (TPSA) is 93.3 Å². The van der Waals surface area contributed by atoms with Crippen molar-refractivity contribution in [3.05, 3.63) is 64.6 Å². The Labute approximate surface area is 155 Å². The molecular formula is C20H19N3O4. The fourth-order valence-electron chi connectivity index (χ4n) is 2.90. The first-order valence-electron chi connectivity index (χ1n) is 8.89. The molecule has 0 atom stereocenters. The molecule has 1 fully saturated rings. The molecule has 27 heavy (non-hydrogen) atoms. The number of aromatic nitrogens is 1. The summed E-state index contributed by atoms with van der Waals surface area (Å²) in [6.45, 7) is 0.212. The molecule has 0 spiro atoms. The highest BCUT2D eigenvalue weighted by Gasteiger charge is 2.23. The van der Waals surface area contributed by atoms with Crippen molar-refractivity contribution in [2.24, 2.45) is 0 Å². The summed E-state index contributed by atoms with van der Waals surface area (Å²) in [4.78, 5) is 36.3. The second-order valence-corrected chi connectivity index (χ2v) is 6.61. The molecule has 3 aromatic rings. The van der Waals surface area contributed by atoms with E-state index in [0.29, 0.717) is 22.4 Å². The van der Waals surface area contributed by atoms with Gasteiger partial charge in [-0.25, -0.2) is 4.79 Å². The van der Waals surface area contributed by atoms with Gasteiger partial charge in [0.05, 0.1) is 5.52 Å². The van der Waals surface area contributed by atoms with E-state index in [0.717, 1.165) is 12.8 Å². The number of fused-ring (bicyclic) bond motifs is 1. The quantitative estimate of drug-likeness (QED) is 0.702. The maximum atomic E-state index is 12.3. The van der Waals surface area contributed by atoms with Crippen LogP contribution < -0.4 is 16.4 Å². The van der Waals surface area contributed by atoms with E-state index < -0.39 is 5.76 Å². The van der Waals surface area contributed by atoms with Gasteiger partial charge in [0.15, 0.2) is 5.58 Å². The van der Waals surface area contributed by atoms with Crippen LogP contribution in [0.3, 0.4) is 0 Å². The lowest BCUT2D eigenvalue weighted by Gasteiger charge is -2.08. The van der Waals surface area contributed by atoms with E-state index in [1.807, 2.05) is 6.07 Å². The number of carbonyl (C=O) groups excluding carboxylic acids is 2. The lowest BCUT2D eigenvalue weighted by molar-refractivity contribution is -0.116. The number of oxazole rings is 1. The Kier molecular flexibility index (Phi) is 4.50. The summed E-state index contributed by atoms with van der Waals surface area (Å²) in [7, 11) is 0. The van der Waals surface area contributed by atoms with Crippen LogP contribution in [0.2, 0.25) is 0 Å². The first-order chi connectivity index (χ1) is 13.1. The van der Waals surface area contributed by atoms with Crippen molar-refractivity contribution in [2.45, 2.75) is 31.8 Å². The Bertz CT molecular complexity index is 1060. The van der Waals surface area contributed by atoms with Crippen LogP contribution in [0, 0.1) is 0 Å². The van der Waals surface area contributed by atoms with E-state index >= 15 is 0 Å². The molecule has 1 aliphatic carbocycles. The van der Waals surface area contributed by atoms with Gasteiger partial charge in [-0.3, -0.25) is 14.2 Å². The summed E-state index contributed by atoms with van der Waals surface area (Å²) in [6.07, 6.45) is 2.15. The van der Waals surface area contributed by atoms with Crippen molar-refractivity contribution in [3.8, 4) is 0 Å². The molecule has 7 nitrogen and oxygen atoms in total. The lowest BCUT2D eigenvalue weighted by atomic mass is 10.2. The normalized spacial score (nSPS) is 13.5. The molecule has 0 radical (unpaired) electrons. The number of hydrogen-bond acceptors (Lipinski definition) is 4. The fraction of sp³-hybridized carbons (Fsp3) is 0.250. The maximum absolute atomic E-state index is 12.3. The van der Waals surface area contributed by atoms with Crippen molar-refractivity contribution < 1.29 is 14.0 Å². The van der Waals surface area contributed by atoms with Gasteiger partial charge < -0.3 is 15.1 Å². The predicted octanol–water partition coefficient (Wildman–Crippen LogP) is 2.52. The number of anilines is 1. The molecule has 0 aliphatic heterocycles. The van der Waals surface area contributed by atoms with Crippen molar-refractivity contribution in [1.82, 2.24) is 9.88 Å². The molecule has 2 N–H and O–H groups in total. The highest BCUT2D eigenvalue weighted by Crippen LogP contribution is 2.20. The molecule has 2 amide bonds. The van der Waals surface area contributed by atoms with E-state index in [4.69, 9.17) is 4.42 Å². The summed E-state index contributed by atoms with van der Waals surface area (Å²) >= 11 is 0. The van der Waals surface area contributed by atoms with Gasteiger partial charge in [-0.1, -0.05) is 18.2 Å². The van der Waals surface area contributed by atoms with Crippen molar-refractivity contribution >= 4 is 28.6 Å². The van der Waals surface area contributed by atoms with Crippen LogP contribution >= 0.6 is 0 Å². The largest absolute Gasteiger partial charge is 0.419 e. The minimum absolute atomic E-state index is 0.113. The Morgan fingerprint density at radius 3 is 2.74 bits per heavy atom. The van der Waals surface area contributed by atoms with E-state index in [-0.39, 0.29) is 30.8 Å². The second kappa shape index (κ2) is 7.11. The first kappa shape index (κ1) is 17.1. The van der Waals surface area contributed by atoms with E-state index in [1.54, 1.807) is 42.5 Å². The van der Waals surface area contributed by atoms with Crippen LogP contribution in [0.4, 0.5) is 5.69 Å². The van der Waals surface area contributed by atoms with Gasteiger partial charge in [0, 0.05) is 30.3 Å². The first-order valence-corrected chi connectivity index (χ1v) is 8.89. The monoisotopic (exact) mass is 365 g/mol. The van der Waals surface area contributed by atoms with Crippen molar-refractivity contribution in [2.75, 3.05) is 5.32 Å². The summed E-state index contributed by atoms with van der Waals surface area (Å²) in [5, 5.41) is 5.69. The van der Waals surface area contributed by atoms with Crippen LogP contribution in [0.15, 0.2) is 57.7 Å². The van der Waals surface area contributed by atoms with Crippen molar-refractivity contribution in [3.63, 3.8) is 0 Å². The number of para-hydroxylation sites is 2. The summed E-state index contributed by atoms with van der Waals surface area (Å²) in [6, 6.07) is 14.2. The number of aryl methyl sites for hydroxylation is 1. The lowest BCUT2D eigenvalue weighted by Crippen LogP contribution is -2.25. The number of hydrogen-bond donors (Lipinski definition) is 2. The SMILES string of the molecule is O=C(CCn1c(=O)oc2ccccc21)Nc1cccc(C(=O)NC2CC2)c1. The van der Waals surface area contributed by atoms with Crippen LogP contribution in [0.5, 0.6) is 0 Å². The number of amides is 2. The molecule has 4 rings (SSSR count). The Hall–Kier alpha value is -3.35. The number of nitrogens with zero attached hydrogens (tertiary/aromatic N) is 1. The molecule has 0 unspecified atom stereocenters. The Morgan fingerprint density at radius 2 is 1.93 bits per heavy atom. The number of nitrogens with one attached hydrogen (secondary N) is 2. The van der Waals surface area contributed by atoms with E-state index in [2.05, 4.69) is 10.6 Å². The number of benzene rings is 2. The molecular weight excluding hydrogens is 346 g/mol. The standard InChI is InChI=1S/C20H19N3O4/c24-18(10-11-23-16-6-1-2-7-17(16)27-20(23)26)21-15-5-3-4-13(12-15)19(25)22-14-8-9-14/h1-7,12,14H,8-11H2,(H,21,24)(H,22,25). The fourth-order valence-corrected chi connectivity index (χ4v) is 2.90. The Balaban J connectivity index is 1.40. The Morgan fingerprint density at radius 1 is 1.11 bits per heavy atom. The van der Waals surface area contributed by atoms with E-state index in [1.165, 1.54) is 4.57 Å². The average molecular weight is 365 g/mol. The van der Waals surface area contributed by atoms with Crippen molar-refractivity contribution in [1.29, 1.82) is 0 Å². The van der Waals surface area contributed by atoms with Gasteiger partial charge in [-0.05, 0) is 43.2 Å². The van der Waals surface area contributed by atoms with Crippen LogP contribution in [-0.4, -0.2) is 22.4 Å². The molecule has 1 saturated carbocycles. The zero-order valence-corrected chi connectivity index (χ0v) is 14.6. The summed E-state index contributed by atoms with van der Waals surface area (Å²) in [5.74, 6) is -0.861. The molecule has 138 valence electrons. The van der Waals surface area contributed by atoms with Gasteiger partial charge in [-0.2, -0.15) is 0 Å². The van der Waals surface area contributed by atoms with Gasteiger partial charge >= 0.3 is 5.76 Å². The minimum Gasteiger partial charge on any atom is -0.408 e. The third-order valence-corrected chi connectivity index (χ3v) is 4.46. The molecule has 0 saturated heterocycles. The average Bonchev–Trinajstić information content (AvgIpc) is 3.41. The van der Waals surface area contributed by atoms with E-state index in [9.17, 15) is 14.4 Å². The zero-order chi connectivity index (χ0) is 18.8. The second-order valence-electron chi connectivity index (χ2n) is 6.61. The van der Waals surface area contributed by atoms with Crippen LogP contribution in [0.25, 0.3) is 11.1 Å². The maximum Gasteiger partial charge on any atom is 0.419 e. The van der Waals surface area contributed by atoms with Crippen LogP contribution in [-0.2, 0) is 11.3 Å². The highest BCUT2D eigenvalue weighted by molar-refractivity contribution is 5.97. The number of carbonyl (C=O) groups is 2. The van der Waals surface area contributed by atoms with Gasteiger partial charge in [0.1, 0.15) is 0 Å². The van der Waals surface area contributed by atoms with Crippen LogP contribution in [0.1, 0.15) is 29.6 Å². The molecule has 1 heterocycles. The smallest absolute Gasteiger partial charge is 0.408 e. The molecule has 1 aromatic heterocycles. The summed E-state index contributed by atoms with van der Waals surface area (Å²) < 4.78 is 6.60. The van der Waals surface area contributed by atoms with Gasteiger partial charge in [0.25, 0.3) is 5.91 Å². The molecule has 7 heteroatoms. The third kappa shape index (κ3) is 3.92. The summed E-state index contributed by atoms with van der Waals surface area (Å²) in [5.41, 5.74) is 2.22. The molecule has 1 aliphatic rings. The predicted molar refractivity (Wildman–Crippen MR) is 101 cm³/mol. The minimum atomic E-state index is -0.484. The van der Waals surface area contributed by atoms with Gasteiger partial charge in [0.2, 0.25) is 5.91 Å². The molecule has 0 bridgehead atoms. The number of rotatable bonds is 6. The van der Waals surface area contributed by atoms with Gasteiger partial charge in [-0.15, -0.1) is 0 Å². The zero-order valence-electron chi connectivity index (χ0n) is 14.6. The third-order valence-electron chi connectivity index (χ3n) is 4.46.